The number of nitrogens with one attached hydrogen (secondary N) is 2. The fraction of sp³-hybridized carbons (Fsp3) is 0.261. The summed E-state index contributed by atoms with van der Waals surface area (Å²) in [4.78, 5) is 34.0. The number of aromatic amines is 1. The second-order valence-electron chi connectivity index (χ2n) is 7.62. The predicted molar refractivity (Wildman–Crippen MR) is 119 cm³/mol. The van der Waals surface area contributed by atoms with Crippen molar-refractivity contribution < 1.29 is 4.79 Å². The zero-order chi connectivity index (χ0) is 21.3. The number of hydrogen-bond donors (Lipinski definition) is 2. The van der Waals surface area contributed by atoms with Crippen molar-refractivity contribution in [3.05, 3.63) is 86.3 Å². The summed E-state index contributed by atoms with van der Waals surface area (Å²) in [5.74, 6) is 0.312. The van der Waals surface area contributed by atoms with Crippen LogP contribution >= 0.6 is 11.6 Å². The molecule has 1 aliphatic rings. The van der Waals surface area contributed by atoms with Crippen LogP contribution < -0.4 is 15.8 Å². The number of hydrogen-bond acceptors (Lipinski definition) is 4. The van der Waals surface area contributed by atoms with E-state index in [1.807, 2.05) is 56.3 Å². The number of anilines is 2. The monoisotopic (exact) mass is 422 g/mol. The molecule has 1 aliphatic heterocycles. The summed E-state index contributed by atoms with van der Waals surface area (Å²) in [6, 6.07) is 14.9. The Hall–Kier alpha value is -3.12. The first-order valence-electron chi connectivity index (χ1n) is 9.87. The van der Waals surface area contributed by atoms with Gasteiger partial charge in [0.05, 0.1) is 5.69 Å². The summed E-state index contributed by atoms with van der Waals surface area (Å²) in [7, 11) is 0. The molecular formula is C23H23ClN4O2. The first kappa shape index (κ1) is 20.2. The van der Waals surface area contributed by atoms with Gasteiger partial charge in [0.2, 0.25) is 11.9 Å². The molecule has 154 valence electrons. The third-order valence-electron chi connectivity index (χ3n) is 5.54. The summed E-state index contributed by atoms with van der Waals surface area (Å²) in [6.07, 6.45) is 0.334. The lowest BCUT2D eigenvalue weighted by atomic mass is 10.0. The number of aryl methyl sites for hydroxylation is 1. The average Bonchev–Trinajstić information content (AvgIpc) is 3.11. The summed E-state index contributed by atoms with van der Waals surface area (Å²) >= 11 is 5.92. The number of H-pyrrole nitrogens is 1. The largest absolute Gasteiger partial charge is 0.352 e. The Kier molecular flexibility index (Phi) is 5.59. The van der Waals surface area contributed by atoms with Gasteiger partial charge in [-0.25, -0.2) is 4.98 Å². The molecule has 1 saturated heterocycles. The SMILES string of the molecule is Cc1cccc(N2C[C@@H](c3cc(=O)[nH]c(NCc4ccc(Cl)cc4)n3)CC2=O)c1C. The fourth-order valence-corrected chi connectivity index (χ4v) is 3.85. The summed E-state index contributed by atoms with van der Waals surface area (Å²) in [5.41, 5.74) is 4.56. The van der Waals surface area contributed by atoms with Gasteiger partial charge in [0.15, 0.2) is 0 Å². The van der Waals surface area contributed by atoms with Crippen molar-refractivity contribution in [1.82, 2.24) is 9.97 Å². The van der Waals surface area contributed by atoms with Crippen molar-refractivity contribution in [2.75, 3.05) is 16.8 Å². The minimum atomic E-state index is -0.240. The maximum Gasteiger partial charge on any atom is 0.252 e. The molecule has 4 rings (SSSR count). The number of aromatic nitrogens is 2. The van der Waals surface area contributed by atoms with E-state index in [0.29, 0.717) is 36.2 Å². The molecule has 0 aliphatic carbocycles. The zero-order valence-corrected chi connectivity index (χ0v) is 17.7. The van der Waals surface area contributed by atoms with Gasteiger partial charge < -0.3 is 10.2 Å². The lowest BCUT2D eigenvalue weighted by molar-refractivity contribution is -0.117. The molecule has 1 fully saturated rings. The van der Waals surface area contributed by atoms with Gasteiger partial charge >= 0.3 is 0 Å². The smallest absolute Gasteiger partial charge is 0.252 e. The van der Waals surface area contributed by atoms with Crippen LogP contribution in [0, 0.1) is 13.8 Å². The molecule has 0 unspecified atom stereocenters. The van der Waals surface area contributed by atoms with Crippen LogP contribution in [0.3, 0.4) is 0 Å². The Bertz CT molecular complexity index is 1140. The molecule has 1 amide bonds. The summed E-state index contributed by atoms with van der Waals surface area (Å²) in [6.45, 7) is 5.07. The van der Waals surface area contributed by atoms with E-state index in [0.717, 1.165) is 22.4 Å². The van der Waals surface area contributed by atoms with Gasteiger partial charge in [0.25, 0.3) is 5.56 Å². The second kappa shape index (κ2) is 8.32. The molecule has 2 aromatic carbocycles. The maximum absolute atomic E-state index is 12.7. The molecule has 6 nitrogen and oxygen atoms in total. The van der Waals surface area contributed by atoms with Gasteiger partial charge in [0, 0.05) is 42.2 Å². The van der Waals surface area contributed by atoms with Crippen LogP contribution in [0.2, 0.25) is 5.02 Å². The maximum atomic E-state index is 12.7. The predicted octanol–water partition coefficient (Wildman–Crippen LogP) is 4.17. The highest BCUT2D eigenvalue weighted by Gasteiger charge is 2.33. The van der Waals surface area contributed by atoms with Gasteiger partial charge in [-0.1, -0.05) is 35.9 Å². The lowest BCUT2D eigenvalue weighted by Gasteiger charge is -2.20. The standard InChI is InChI=1S/C23H23ClN4O2/c1-14-4-3-5-20(15(14)2)28-13-17(10-22(28)30)19-11-21(29)27-23(26-19)25-12-16-6-8-18(24)9-7-16/h3-9,11,17H,10,12-13H2,1-2H3,(H2,25,26,27,29)/t17-/m0/s1. The Labute approximate surface area is 179 Å². The molecule has 30 heavy (non-hydrogen) atoms. The molecule has 0 radical (unpaired) electrons. The van der Waals surface area contributed by atoms with Crippen molar-refractivity contribution in [2.45, 2.75) is 32.7 Å². The molecule has 2 N–H and O–H groups in total. The van der Waals surface area contributed by atoms with E-state index in [1.165, 1.54) is 6.07 Å². The van der Waals surface area contributed by atoms with Crippen molar-refractivity contribution in [1.29, 1.82) is 0 Å². The van der Waals surface area contributed by atoms with E-state index < -0.39 is 0 Å². The van der Waals surface area contributed by atoms with E-state index in [4.69, 9.17) is 11.6 Å². The van der Waals surface area contributed by atoms with Crippen LogP contribution in [0.4, 0.5) is 11.6 Å². The number of carbonyl (C=O) groups excluding carboxylic acids is 1. The average molecular weight is 423 g/mol. The van der Waals surface area contributed by atoms with Crippen molar-refractivity contribution in [3.63, 3.8) is 0 Å². The van der Waals surface area contributed by atoms with Gasteiger partial charge in [-0.05, 0) is 48.7 Å². The zero-order valence-electron chi connectivity index (χ0n) is 16.9. The molecule has 1 aromatic heterocycles. The molecule has 2 heterocycles. The molecule has 7 heteroatoms. The van der Waals surface area contributed by atoms with Gasteiger partial charge in [0.1, 0.15) is 0 Å². The van der Waals surface area contributed by atoms with Crippen LogP contribution in [0.5, 0.6) is 0 Å². The molecule has 3 aromatic rings. The van der Waals surface area contributed by atoms with Crippen LogP contribution in [0.15, 0.2) is 53.3 Å². The number of carbonyl (C=O) groups is 1. The minimum Gasteiger partial charge on any atom is -0.352 e. The highest BCUT2D eigenvalue weighted by Crippen LogP contribution is 2.33. The first-order chi connectivity index (χ1) is 14.4. The second-order valence-corrected chi connectivity index (χ2v) is 8.06. The normalized spacial score (nSPS) is 16.2. The number of nitrogens with zero attached hydrogens (tertiary/aromatic N) is 2. The number of benzene rings is 2. The van der Waals surface area contributed by atoms with Crippen molar-refractivity contribution in [3.8, 4) is 0 Å². The van der Waals surface area contributed by atoms with Crippen molar-refractivity contribution in [2.24, 2.45) is 0 Å². The summed E-state index contributed by atoms with van der Waals surface area (Å²) < 4.78 is 0. The highest BCUT2D eigenvalue weighted by molar-refractivity contribution is 6.30. The van der Waals surface area contributed by atoms with Crippen LogP contribution in [0.25, 0.3) is 0 Å². The van der Waals surface area contributed by atoms with E-state index in [2.05, 4.69) is 15.3 Å². The van der Waals surface area contributed by atoms with Crippen LogP contribution in [-0.4, -0.2) is 22.4 Å². The Morgan fingerprint density at radius 2 is 1.93 bits per heavy atom. The van der Waals surface area contributed by atoms with Gasteiger partial charge in [-0.15, -0.1) is 0 Å². The molecule has 0 spiro atoms. The van der Waals surface area contributed by atoms with E-state index in [1.54, 1.807) is 4.90 Å². The number of halogens is 1. The first-order valence-corrected chi connectivity index (χ1v) is 10.2. The minimum absolute atomic E-state index is 0.0476. The molecular weight excluding hydrogens is 400 g/mol. The number of rotatable bonds is 5. The summed E-state index contributed by atoms with van der Waals surface area (Å²) in [5, 5.41) is 3.82. The molecule has 0 bridgehead atoms. The van der Waals surface area contributed by atoms with E-state index >= 15 is 0 Å². The van der Waals surface area contributed by atoms with E-state index in [-0.39, 0.29) is 17.4 Å². The van der Waals surface area contributed by atoms with Crippen LogP contribution in [0.1, 0.15) is 34.7 Å². The van der Waals surface area contributed by atoms with E-state index in [9.17, 15) is 9.59 Å². The Morgan fingerprint density at radius 3 is 2.70 bits per heavy atom. The Balaban J connectivity index is 1.53. The Morgan fingerprint density at radius 1 is 1.17 bits per heavy atom. The highest BCUT2D eigenvalue weighted by atomic mass is 35.5. The van der Waals surface area contributed by atoms with Crippen molar-refractivity contribution >= 4 is 29.1 Å². The fourth-order valence-electron chi connectivity index (χ4n) is 3.72. The topological polar surface area (TPSA) is 78.1 Å². The quantitative estimate of drug-likeness (QED) is 0.646. The number of amides is 1. The lowest BCUT2D eigenvalue weighted by Crippen LogP contribution is -2.25. The van der Waals surface area contributed by atoms with Gasteiger partial charge in [-0.3, -0.25) is 14.6 Å². The third-order valence-corrected chi connectivity index (χ3v) is 5.80. The molecule has 0 saturated carbocycles. The third kappa shape index (κ3) is 4.24. The molecule has 1 atom stereocenters. The van der Waals surface area contributed by atoms with Crippen LogP contribution in [-0.2, 0) is 11.3 Å². The van der Waals surface area contributed by atoms with Gasteiger partial charge in [-0.2, -0.15) is 0 Å².